The van der Waals surface area contributed by atoms with Crippen LogP contribution in [-0.4, -0.2) is 43.7 Å². The van der Waals surface area contributed by atoms with Crippen molar-refractivity contribution in [1.29, 1.82) is 0 Å². The summed E-state index contributed by atoms with van der Waals surface area (Å²) in [5, 5.41) is 13.5. The van der Waals surface area contributed by atoms with Crippen molar-refractivity contribution < 1.29 is 33.7 Å². The van der Waals surface area contributed by atoms with Crippen molar-refractivity contribution in [3.63, 3.8) is 0 Å². The number of rotatable bonds is 5. The van der Waals surface area contributed by atoms with Crippen LogP contribution in [0.2, 0.25) is 0 Å². The van der Waals surface area contributed by atoms with Gasteiger partial charge in [-0.15, -0.1) is 0 Å². The van der Waals surface area contributed by atoms with Gasteiger partial charge in [-0.2, -0.15) is 0 Å². The van der Waals surface area contributed by atoms with Crippen molar-refractivity contribution in [2.75, 3.05) is 20.8 Å². The number of benzene rings is 1. The zero-order valence-corrected chi connectivity index (χ0v) is 18.3. The molecule has 3 rings (SSSR count). The summed E-state index contributed by atoms with van der Waals surface area (Å²) in [5.41, 5.74) is 2.31. The number of esters is 2. The number of carbonyl (C=O) groups is 3. The predicted octanol–water partition coefficient (Wildman–Crippen LogP) is 2.58. The van der Waals surface area contributed by atoms with Gasteiger partial charge >= 0.3 is 11.9 Å². The zero-order chi connectivity index (χ0) is 22.9. The molecule has 8 heteroatoms. The smallest absolute Gasteiger partial charge is 0.336 e. The molecule has 1 aromatic carbocycles. The number of ketones is 1. The van der Waals surface area contributed by atoms with E-state index < -0.39 is 29.6 Å². The Morgan fingerprint density at radius 1 is 1.26 bits per heavy atom. The topological polar surface area (TPSA) is 111 Å². The number of hydrogen-bond acceptors (Lipinski definition) is 8. The van der Waals surface area contributed by atoms with Gasteiger partial charge in [0, 0.05) is 22.9 Å². The Morgan fingerprint density at radius 3 is 2.55 bits per heavy atom. The van der Waals surface area contributed by atoms with Gasteiger partial charge in [0.2, 0.25) is 0 Å². The minimum Gasteiger partial charge on any atom is -0.504 e. The van der Waals surface area contributed by atoms with E-state index in [1.807, 2.05) is 6.92 Å². The Balaban J connectivity index is 2.21. The molecule has 166 valence electrons. The lowest BCUT2D eigenvalue weighted by molar-refractivity contribution is -0.151. The van der Waals surface area contributed by atoms with E-state index in [0.29, 0.717) is 29.0 Å². The maximum atomic E-state index is 13.5. The highest BCUT2D eigenvalue weighted by molar-refractivity contribution is 6.12. The third-order valence-corrected chi connectivity index (χ3v) is 5.77. The molecule has 1 aliphatic carbocycles. The fourth-order valence-corrected chi connectivity index (χ4v) is 4.38. The maximum absolute atomic E-state index is 13.5. The summed E-state index contributed by atoms with van der Waals surface area (Å²) in [4.78, 5) is 38.8. The summed E-state index contributed by atoms with van der Waals surface area (Å²) >= 11 is 0. The molecule has 8 nitrogen and oxygen atoms in total. The van der Waals surface area contributed by atoms with Crippen LogP contribution in [0.15, 0.2) is 40.7 Å². The number of phenols is 1. The van der Waals surface area contributed by atoms with Crippen LogP contribution in [0.3, 0.4) is 0 Å². The van der Waals surface area contributed by atoms with E-state index in [2.05, 4.69) is 5.32 Å². The maximum Gasteiger partial charge on any atom is 0.336 e. The van der Waals surface area contributed by atoms with Gasteiger partial charge in [0.25, 0.3) is 0 Å². The molecule has 0 bridgehead atoms. The molecule has 0 fully saturated rings. The number of methoxy groups -OCH3 is 2. The Bertz CT molecular complexity index is 992. The van der Waals surface area contributed by atoms with Gasteiger partial charge in [0.05, 0.1) is 26.4 Å². The van der Waals surface area contributed by atoms with Crippen LogP contribution in [0, 0.1) is 11.8 Å². The largest absolute Gasteiger partial charge is 0.504 e. The van der Waals surface area contributed by atoms with Crippen molar-refractivity contribution in [3.8, 4) is 11.5 Å². The second-order valence-electron chi connectivity index (χ2n) is 7.69. The standard InChI is InChI=1S/C23H27NO7/c1-6-31-23(28)18-12(3)24-14-9-11(2)17(22(27)30-5)21(26)20(14)19(18)13-7-8-16(29-4)15(25)10-13/h7-8,10-11,17,19,24-25H,6,9H2,1-5H3/t11-,17-,19-/m1/s1. The van der Waals surface area contributed by atoms with E-state index in [1.165, 1.54) is 20.3 Å². The van der Waals surface area contributed by atoms with Crippen LogP contribution >= 0.6 is 0 Å². The van der Waals surface area contributed by atoms with Gasteiger partial charge in [0.1, 0.15) is 5.92 Å². The number of nitrogens with one attached hydrogen (secondary N) is 1. The van der Waals surface area contributed by atoms with E-state index in [4.69, 9.17) is 14.2 Å². The summed E-state index contributed by atoms with van der Waals surface area (Å²) in [6.45, 7) is 5.43. The highest BCUT2D eigenvalue weighted by atomic mass is 16.5. The van der Waals surface area contributed by atoms with Gasteiger partial charge in [-0.25, -0.2) is 4.79 Å². The number of carbonyl (C=O) groups excluding carboxylic acids is 3. The minimum absolute atomic E-state index is 0.123. The molecule has 1 aromatic rings. The first-order valence-electron chi connectivity index (χ1n) is 10.1. The normalized spacial score (nSPS) is 23.1. The first kappa shape index (κ1) is 22.4. The SMILES string of the molecule is CCOC(=O)C1=C(C)NC2=C(C(=O)[C@H](C(=O)OC)[C@H](C)C2)[C@@H]1c1ccc(OC)c(O)c1. The molecule has 31 heavy (non-hydrogen) atoms. The molecule has 1 heterocycles. The molecule has 3 atom stereocenters. The summed E-state index contributed by atoms with van der Waals surface area (Å²) in [6.07, 6.45) is 0.437. The molecule has 0 amide bonds. The first-order valence-corrected chi connectivity index (χ1v) is 10.1. The lowest BCUT2D eigenvalue weighted by Crippen LogP contribution is -2.43. The molecule has 2 aliphatic rings. The average Bonchev–Trinajstić information content (AvgIpc) is 2.72. The molecule has 1 aliphatic heterocycles. The van der Waals surface area contributed by atoms with Crippen molar-refractivity contribution in [3.05, 3.63) is 46.3 Å². The van der Waals surface area contributed by atoms with Crippen molar-refractivity contribution >= 4 is 17.7 Å². The predicted molar refractivity (Wildman–Crippen MR) is 111 cm³/mol. The molecule has 0 aromatic heterocycles. The lowest BCUT2D eigenvalue weighted by atomic mass is 9.69. The molecule has 0 unspecified atom stereocenters. The number of hydrogen-bond donors (Lipinski definition) is 2. The highest BCUT2D eigenvalue weighted by Gasteiger charge is 2.47. The van der Waals surface area contributed by atoms with Gasteiger partial charge in [0.15, 0.2) is 17.3 Å². The third-order valence-electron chi connectivity index (χ3n) is 5.77. The second-order valence-corrected chi connectivity index (χ2v) is 7.69. The number of phenolic OH excluding ortho intramolecular Hbond substituents is 1. The summed E-state index contributed by atoms with van der Waals surface area (Å²) in [7, 11) is 2.68. The summed E-state index contributed by atoms with van der Waals surface area (Å²) in [5.74, 6) is -3.48. The molecule has 0 saturated carbocycles. The van der Waals surface area contributed by atoms with E-state index >= 15 is 0 Å². The summed E-state index contributed by atoms with van der Waals surface area (Å²) in [6, 6.07) is 4.72. The molecule has 0 spiro atoms. The van der Waals surface area contributed by atoms with E-state index in [0.717, 1.165) is 0 Å². The minimum atomic E-state index is -0.971. The van der Waals surface area contributed by atoms with Crippen molar-refractivity contribution in [2.45, 2.75) is 33.1 Å². The number of allylic oxidation sites excluding steroid dienone is 3. The average molecular weight is 429 g/mol. The Kier molecular flexibility index (Phi) is 6.38. The van der Waals surface area contributed by atoms with Gasteiger partial charge < -0.3 is 24.6 Å². The van der Waals surface area contributed by atoms with Crippen LogP contribution < -0.4 is 10.1 Å². The van der Waals surface area contributed by atoms with E-state index in [-0.39, 0.29) is 29.6 Å². The first-order chi connectivity index (χ1) is 14.7. The van der Waals surface area contributed by atoms with Gasteiger partial charge in [-0.05, 0) is 43.9 Å². The molecule has 0 radical (unpaired) electrons. The number of Topliss-reactive ketones (excluding diaryl/α,β-unsaturated/α-hetero) is 1. The van der Waals surface area contributed by atoms with Crippen molar-refractivity contribution in [1.82, 2.24) is 5.32 Å². The highest BCUT2D eigenvalue weighted by Crippen LogP contribution is 2.46. The quantitative estimate of drug-likeness (QED) is 0.543. The Morgan fingerprint density at radius 2 is 1.97 bits per heavy atom. The van der Waals surface area contributed by atoms with Crippen LogP contribution in [-0.2, 0) is 23.9 Å². The molecular formula is C23H27NO7. The number of ether oxygens (including phenoxy) is 3. The monoisotopic (exact) mass is 429 g/mol. The molecule has 0 saturated heterocycles. The van der Waals surface area contributed by atoms with Crippen LogP contribution in [0.5, 0.6) is 11.5 Å². The second kappa shape index (κ2) is 8.83. The van der Waals surface area contributed by atoms with Crippen LogP contribution in [0.25, 0.3) is 0 Å². The zero-order valence-electron chi connectivity index (χ0n) is 18.3. The Hall–Kier alpha value is -3.29. The molecular weight excluding hydrogens is 402 g/mol. The van der Waals surface area contributed by atoms with Gasteiger partial charge in [-0.1, -0.05) is 13.0 Å². The molecule has 2 N–H and O–H groups in total. The van der Waals surface area contributed by atoms with Crippen LogP contribution in [0.1, 0.15) is 38.7 Å². The number of dihydropyridines is 1. The third kappa shape index (κ3) is 3.89. The number of aromatic hydroxyl groups is 1. The van der Waals surface area contributed by atoms with E-state index in [1.54, 1.807) is 26.0 Å². The fraction of sp³-hybridized carbons (Fsp3) is 0.435. The lowest BCUT2D eigenvalue weighted by Gasteiger charge is -2.38. The van der Waals surface area contributed by atoms with Crippen molar-refractivity contribution in [2.24, 2.45) is 11.8 Å². The van der Waals surface area contributed by atoms with Crippen LogP contribution in [0.4, 0.5) is 0 Å². The van der Waals surface area contributed by atoms with Gasteiger partial charge in [-0.3, -0.25) is 9.59 Å². The van der Waals surface area contributed by atoms with E-state index in [9.17, 15) is 19.5 Å². The fourth-order valence-electron chi connectivity index (χ4n) is 4.38. The summed E-state index contributed by atoms with van der Waals surface area (Å²) < 4.78 is 15.3. The Labute approximate surface area is 180 Å².